The number of carbonyl (C=O) groups is 3. The molecule has 0 radical (unpaired) electrons. The van der Waals surface area contributed by atoms with E-state index in [0.29, 0.717) is 36.3 Å². The standard InChI is InChI=1S/C30H36O9/c1-9-16-14-18(31)17-10-11-19-20(21(17)35-16)22(23(27(4,5)38-19)37-24(32)15(2)3)36-26(34)30-13-12-29(8,25(33)39-30)28(30,6)7/h10-11,14-15,22-23H,9,12-13H2,1-8H3/t22-,23-,29?,30?/m1/s1. The topological polar surface area (TPSA) is 118 Å². The van der Waals surface area contributed by atoms with Gasteiger partial charge in [0.1, 0.15) is 22.7 Å². The molecule has 2 fully saturated rings. The van der Waals surface area contributed by atoms with Crippen LogP contribution in [0.3, 0.4) is 0 Å². The molecule has 39 heavy (non-hydrogen) atoms. The second kappa shape index (κ2) is 8.57. The van der Waals surface area contributed by atoms with E-state index >= 15 is 0 Å². The normalized spacial score (nSPS) is 30.0. The van der Waals surface area contributed by atoms with Gasteiger partial charge >= 0.3 is 17.9 Å². The Kier molecular flexibility index (Phi) is 5.98. The number of fused-ring (bicyclic) bond motifs is 5. The molecular weight excluding hydrogens is 504 g/mol. The molecule has 1 aliphatic carbocycles. The fourth-order valence-corrected chi connectivity index (χ4v) is 6.16. The largest absolute Gasteiger partial charge is 0.483 e. The van der Waals surface area contributed by atoms with E-state index in [1.807, 2.05) is 27.7 Å². The van der Waals surface area contributed by atoms with E-state index in [4.69, 9.17) is 23.4 Å². The Balaban J connectivity index is 1.70. The number of carbonyl (C=O) groups excluding carboxylic acids is 3. The van der Waals surface area contributed by atoms with E-state index in [2.05, 4.69) is 0 Å². The van der Waals surface area contributed by atoms with Crippen molar-refractivity contribution in [3.05, 3.63) is 39.7 Å². The molecule has 3 heterocycles. The zero-order valence-corrected chi connectivity index (χ0v) is 23.8. The Hall–Kier alpha value is -3.36. The molecule has 1 aromatic carbocycles. The number of benzene rings is 1. The van der Waals surface area contributed by atoms with Gasteiger partial charge in [-0.25, -0.2) is 4.79 Å². The van der Waals surface area contributed by atoms with Crippen LogP contribution < -0.4 is 10.2 Å². The van der Waals surface area contributed by atoms with Crippen LogP contribution in [0.5, 0.6) is 5.75 Å². The number of aryl methyl sites for hydroxylation is 1. The molecule has 1 saturated heterocycles. The first-order chi connectivity index (χ1) is 18.1. The van der Waals surface area contributed by atoms with Crippen LogP contribution in [-0.2, 0) is 35.0 Å². The molecule has 2 unspecified atom stereocenters. The second-order valence-corrected chi connectivity index (χ2v) is 12.5. The highest BCUT2D eigenvalue weighted by atomic mass is 16.6. The first-order valence-electron chi connectivity index (χ1n) is 13.5. The van der Waals surface area contributed by atoms with Crippen molar-refractivity contribution in [1.82, 2.24) is 0 Å². The second-order valence-electron chi connectivity index (χ2n) is 12.5. The van der Waals surface area contributed by atoms with E-state index in [1.54, 1.807) is 39.8 Å². The molecule has 0 spiro atoms. The van der Waals surface area contributed by atoms with Crippen molar-refractivity contribution in [3.63, 3.8) is 0 Å². The highest BCUT2D eigenvalue weighted by Crippen LogP contribution is 2.66. The quantitative estimate of drug-likeness (QED) is 0.389. The lowest BCUT2D eigenvalue weighted by molar-refractivity contribution is -0.208. The van der Waals surface area contributed by atoms with Crippen LogP contribution in [0.2, 0.25) is 0 Å². The first-order valence-corrected chi connectivity index (χ1v) is 13.5. The Morgan fingerprint density at radius 2 is 1.72 bits per heavy atom. The molecular formula is C30H36O9. The monoisotopic (exact) mass is 540 g/mol. The van der Waals surface area contributed by atoms with Gasteiger partial charge in [0, 0.05) is 17.9 Å². The summed E-state index contributed by atoms with van der Waals surface area (Å²) in [6.07, 6.45) is -1.04. The van der Waals surface area contributed by atoms with Gasteiger partial charge in [0.05, 0.1) is 22.3 Å². The molecule has 9 nitrogen and oxygen atoms in total. The summed E-state index contributed by atoms with van der Waals surface area (Å²) < 4.78 is 30.4. The van der Waals surface area contributed by atoms with Gasteiger partial charge in [-0.15, -0.1) is 0 Å². The van der Waals surface area contributed by atoms with Crippen LogP contribution in [-0.4, -0.2) is 35.2 Å². The minimum Gasteiger partial charge on any atom is -0.483 e. The summed E-state index contributed by atoms with van der Waals surface area (Å²) in [4.78, 5) is 52.8. The van der Waals surface area contributed by atoms with Gasteiger partial charge in [0.15, 0.2) is 17.6 Å². The minimum absolute atomic E-state index is 0.201. The molecule has 210 valence electrons. The van der Waals surface area contributed by atoms with Crippen molar-refractivity contribution in [2.45, 2.75) is 98.1 Å². The number of esters is 3. The van der Waals surface area contributed by atoms with Crippen molar-refractivity contribution >= 4 is 28.9 Å². The zero-order valence-electron chi connectivity index (χ0n) is 23.8. The van der Waals surface area contributed by atoms with Crippen LogP contribution in [0.25, 0.3) is 11.0 Å². The number of ether oxygens (including phenoxy) is 4. The molecule has 9 heteroatoms. The van der Waals surface area contributed by atoms with Crippen LogP contribution in [0, 0.1) is 16.7 Å². The predicted octanol–water partition coefficient (Wildman–Crippen LogP) is 4.80. The fourth-order valence-electron chi connectivity index (χ4n) is 6.16. The van der Waals surface area contributed by atoms with Crippen LogP contribution in [0.1, 0.15) is 85.7 Å². The molecule has 5 rings (SSSR count). The van der Waals surface area contributed by atoms with Gasteiger partial charge in [-0.3, -0.25) is 14.4 Å². The summed E-state index contributed by atoms with van der Waals surface area (Å²) in [6.45, 7) is 14.2. The maximum Gasteiger partial charge on any atom is 0.351 e. The van der Waals surface area contributed by atoms with E-state index in [1.165, 1.54) is 6.07 Å². The highest BCUT2D eigenvalue weighted by molar-refractivity contribution is 5.94. The first kappa shape index (κ1) is 27.2. The maximum atomic E-state index is 14.1. The summed E-state index contributed by atoms with van der Waals surface area (Å²) in [5.74, 6) is -1.34. The average Bonchev–Trinajstić information content (AvgIpc) is 3.15. The van der Waals surface area contributed by atoms with E-state index in [-0.39, 0.29) is 16.4 Å². The lowest BCUT2D eigenvalue weighted by Gasteiger charge is -2.44. The van der Waals surface area contributed by atoms with E-state index in [9.17, 15) is 19.2 Å². The van der Waals surface area contributed by atoms with E-state index in [0.717, 1.165) is 0 Å². The third kappa shape index (κ3) is 3.64. The van der Waals surface area contributed by atoms with Gasteiger partial charge in [0.2, 0.25) is 5.60 Å². The third-order valence-corrected chi connectivity index (χ3v) is 9.27. The number of rotatable bonds is 5. The molecule has 1 aromatic heterocycles. The summed E-state index contributed by atoms with van der Waals surface area (Å²) in [5.41, 5.74) is -4.06. The summed E-state index contributed by atoms with van der Waals surface area (Å²) in [5, 5.41) is 0.281. The molecule has 2 aromatic rings. The summed E-state index contributed by atoms with van der Waals surface area (Å²) >= 11 is 0. The molecule has 4 atom stereocenters. The van der Waals surface area contributed by atoms with Gasteiger partial charge in [0.25, 0.3) is 0 Å². The fraction of sp³-hybridized carbons (Fsp3) is 0.600. The Labute approximate surface area is 227 Å². The van der Waals surface area contributed by atoms with Crippen molar-refractivity contribution in [1.29, 1.82) is 0 Å². The van der Waals surface area contributed by atoms with Crippen LogP contribution in [0.15, 0.2) is 27.4 Å². The summed E-state index contributed by atoms with van der Waals surface area (Å²) in [7, 11) is 0. The van der Waals surface area contributed by atoms with Gasteiger partial charge < -0.3 is 23.4 Å². The van der Waals surface area contributed by atoms with Gasteiger partial charge in [-0.05, 0) is 45.7 Å². The Morgan fingerprint density at radius 1 is 1.03 bits per heavy atom. The average molecular weight is 541 g/mol. The Morgan fingerprint density at radius 3 is 2.28 bits per heavy atom. The van der Waals surface area contributed by atoms with Crippen molar-refractivity contribution in [2.75, 3.05) is 0 Å². The highest BCUT2D eigenvalue weighted by Gasteiger charge is 2.77. The molecule has 1 saturated carbocycles. The third-order valence-electron chi connectivity index (χ3n) is 9.27. The molecule has 2 aliphatic heterocycles. The minimum atomic E-state index is -1.51. The van der Waals surface area contributed by atoms with Crippen LogP contribution in [0.4, 0.5) is 0 Å². The predicted molar refractivity (Wildman–Crippen MR) is 140 cm³/mol. The van der Waals surface area contributed by atoms with Crippen LogP contribution >= 0.6 is 0 Å². The van der Waals surface area contributed by atoms with Crippen molar-refractivity contribution in [2.24, 2.45) is 16.7 Å². The number of hydrogen-bond donors (Lipinski definition) is 0. The maximum absolute atomic E-state index is 14.1. The number of hydrogen-bond acceptors (Lipinski definition) is 9. The summed E-state index contributed by atoms with van der Waals surface area (Å²) in [6, 6.07) is 4.67. The lowest BCUT2D eigenvalue weighted by atomic mass is 9.66. The SMILES string of the molecule is CCc1cc(=O)c2ccc3c(c2o1)[C@@H](OC(=O)C12CCC(C)(C(=O)O1)C2(C)C)[C@@H](OC(=O)C(C)C)C(C)(C)O3. The lowest BCUT2D eigenvalue weighted by Crippen LogP contribution is -2.55. The smallest absolute Gasteiger partial charge is 0.351 e. The van der Waals surface area contributed by atoms with Crippen molar-refractivity contribution < 1.29 is 37.7 Å². The van der Waals surface area contributed by atoms with E-state index < -0.39 is 58.1 Å². The molecule has 3 aliphatic rings. The van der Waals surface area contributed by atoms with Crippen molar-refractivity contribution in [3.8, 4) is 5.75 Å². The van der Waals surface area contributed by atoms with Gasteiger partial charge in [-0.1, -0.05) is 34.6 Å². The Bertz CT molecular complexity index is 1450. The molecule has 0 N–H and O–H groups in total. The molecule has 2 bridgehead atoms. The van der Waals surface area contributed by atoms with Gasteiger partial charge in [-0.2, -0.15) is 0 Å². The zero-order chi connectivity index (χ0) is 28.7. The molecule has 0 amide bonds.